The summed E-state index contributed by atoms with van der Waals surface area (Å²) in [5.41, 5.74) is 2.15. The van der Waals surface area contributed by atoms with E-state index in [1.54, 1.807) is 11.3 Å². The molecule has 0 unspecified atom stereocenters. The van der Waals surface area contributed by atoms with E-state index in [1.165, 1.54) is 5.56 Å². The summed E-state index contributed by atoms with van der Waals surface area (Å²) in [5, 5.41) is 6.52. The van der Waals surface area contributed by atoms with Gasteiger partial charge in [-0.3, -0.25) is 0 Å². The minimum atomic E-state index is 0.508. The SMILES string of the molecule is CCCNCc1cccc(Br)c1OCc1csc(C)n1. The highest BCUT2D eigenvalue weighted by Crippen LogP contribution is 2.30. The molecular formula is C15H19BrN2OS. The van der Waals surface area contributed by atoms with Crippen LogP contribution >= 0.6 is 27.3 Å². The first-order chi connectivity index (χ1) is 9.70. The highest BCUT2D eigenvalue weighted by molar-refractivity contribution is 9.10. The van der Waals surface area contributed by atoms with Gasteiger partial charge in [-0.05, 0) is 41.9 Å². The molecule has 0 atom stereocenters. The zero-order valence-electron chi connectivity index (χ0n) is 11.8. The fourth-order valence-electron chi connectivity index (χ4n) is 1.87. The number of hydrogen-bond acceptors (Lipinski definition) is 4. The first-order valence-corrected chi connectivity index (χ1v) is 8.40. The van der Waals surface area contributed by atoms with E-state index in [9.17, 15) is 0 Å². The van der Waals surface area contributed by atoms with E-state index in [0.717, 1.165) is 40.4 Å². The number of ether oxygens (including phenoxy) is 1. The van der Waals surface area contributed by atoms with Gasteiger partial charge >= 0.3 is 0 Å². The molecule has 0 aliphatic rings. The van der Waals surface area contributed by atoms with Gasteiger partial charge < -0.3 is 10.1 Å². The van der Waals surface area contributed by atoms with Crippen LogP contribution < -0.4 is 10.1 Å². The van der Waals surface area contributed by atoms with Crippen molar-refractivity contribution in [3.8, 4) is 5.75 Å². The van der Waals surface area contributed by atoms with Crippen LogP contribution in [0.2, 0.25) is 0 Å². The van der Waals surface area contributed by atoms with Gasteiger partial charge in [0.2, 0.25) is 0 Å². The largest absolute Gasteiger partial charge is 0.486 e. The topological polar surface area (TPSA) is 34.1 Å². The molecule has 0 aliphatic carbocycles. The summed E-state index contributed by atoms with van der Waals surface area (Å²) in [7, 11) is 0. The fourth-order valence-corrected chi connectivity index (χ4v) is 2.99. The minimum absolute atomic E-state index is 0.508. The predicted octanol–water partition coefficient (Wildman–Crippen LogP) is 4.29. The van der Waals surface area contributed by atoms with Gasteiger partial charge in [-0.1, -0.05) is 19.1 Å². The van der Waals surface area contributed by atoms with Crippen LogP contribution in [0.4, 0.5) is 0 Å². The van der Waals surface area contributed by atoms with Crippen molar-refractivity contribution in [1.82, 2.24) is 10.3 Å². The van der Waals surface area contributed by atoms with Crippen molar-refractivity contribution in [2.75, 3.05) is 6.54 Å². The molecule has 0 aliphatic heterocycles. The van der Waals surface area contributed by atoms with Crippen LogP contribution in [0.5, 0.6) is 5.75 Å². The van der Waals surface area contributed by atoms with Gasteiger partial charge in [0.05, 0.1) is 15.2 Å². The van der Waals surface area contributed by atoms with Crippen LogP contribution in [-0.2, 0) is 13.2 Å². The van der Waals surface area contributed by atoms with Crippen molar-refractivity contribution >= 4 is 27.3 Å². The number of aromatic nitrogens is 1. The average Bonchev–Trinajstić information content (AvgIpc) is 2.84. The second-order valence-corrected chi connectivity index (χ2v) is 6.47. The van der Waals surface area contributed by atoms with Gasteiger partial charge in [-0.15, -0.1) is 11.3 Å². The Kier molecular flexibility index (Phi) is 6.01. The summed E-state index contributed by atoms with van der Waals surface area (Å²) in [5.74, 6) is 0.904. The minimum Gasteiger partial charge on any atom is -0.486 e. The third kappa shape index (κ3) is 4.30. The highest BCUT2D eigenvalue weighted by Gasteiger charge is 2.09. The van der Waals surface area contributed by atoms with E-state index in [-0.39, 0.29) is 0 Å². The lowest BCUT2D eigenvalue weighted by Crippen LogP contribution is -2.14. The zero-order chi connectivity index (χ0) is 14.4. The van der Waals surface area contributed by atoms with E-state index >= 15 is 0 Å². The van der Waals surface area contributed by atoms with Crippen LogP contribution in [0.25, 0.3) is 0 Å². The smallest absolute Gasteiger partial charge is 0.138 e. The molecule has 3 nitrogen and oxygen atoms in total. The summed E-state index contributed by atoms with van der Waals surface area (Å²) in [6.45, 7) is 6.51. The van der Waals surface area contributed by atoms with E-state index in [4.69, 9.17) is 4.74 Å². The Morgan fingerprint density at radius 1 is 1.40 bits per heavy atom. The molecule has 0 fully saturated rings. The molecule has 1 heterocycles. The molecule has 0 radical (unpaired) electrons. The van der Waals surface area contributed by atoms with E-state index in [2.05, 4.69) is 39.2 Å². The number of nitrogens with one attached hydrogen (secondary N) is 1. The number of halogens is 1. The van der Waals surface area contributed by atoms with Gasteiger partial charge in [0.1, 0.15) is 12.4 Å². The van der Waals surface area contributed by atoms with Gasteiger partial charge in [-0.25, -0.2) is 4.98 Å². The fraction of sp³-hybridized carbons (Fsp3) is 0.400. The lowest BCUT2D eigenvalue weighted by molar-refractivity contribution is 0.296. The van der Waals surface area contributed by atoms with Crippen LogP contribution in [0.15, 0.2) is 28.1 Å². The first kappa shape index (κ1) is 15.5. The third-order valence-electron chi connectivity index (χ3n) is 2.82. The van der Waals surface area contributed by atoms with Crippen molar-refractivity contribution in [2.45, 2.75) is 33.4 Å². The van der Waals surface area contributed by atoms with Crippen molar-refractivity contribution in [3.05, 3.63) is 44.3 Å². The second kappa shape index (κ2) is 7.76. The molecule has 20 heavy (non-hydrogen) atoms. The molecule has 0 spiro atoms. The standard InChI is InChI=1S/C15H19BrN2OS/c1-3-7-17-8-12-5-4-6-14(16)15(12)19-9-13-10-20-11(2)18-13/h4-6,10,17H,3,7-9H2,1-2H3. The maximum atomic E-state index is 5.96. The van der Waals surface area contributed by atoms with Crippen molar-refractivity contribution < 1.29 is 4.74 Å². The van der Waals surface area contributed by atoms with E-state index in [0.29, 0.717) is 6.61 Å². The maximum absolute atomic E-state index is 5.96. The molecule has 1 N–H and O–H groups in total. The van der Waals surface area contributed by atoms with Crippen LogP contribution in [0, 0.1) is 6.92 Å². The molecule has 1 aromatic carbocycles. The molecule has 0 amide bonds. The van der Waals surface area contributed by atoms with Gasteiger partial charge in [0.15, 0.2) is 0 Å². The highest BCUT2D eigenvalue weighted by atomic mass is 79.9. The van der Waals surface area contributed by atoms with E-state index < -0.39 is 0 Å². The molecule has 108 valence electrons. The number of para-hydroxylation sites is 1. The first-order valence-electron chi connectivity index (χ1n) is 6.72. The summed E-state index contributed by atoms with van der Waals surface area (Å²) in [6.07, 6.45) is 1.13. The second-order valence-electron chi connectivity index (χ2n) is 4.55. The van der Waals surface area contributed by atoms with Crippen LogP contribution in [0.3, 0.4) is 0 Å². The number of nitrogens with zero attached hydrogens (tertiary/aromatic N) is 1. The monoisotopic (exact) mass is 354 g/mol. The molecule has 5 heteroatoms. The molecule has 2 rings (SSSR count). The normalized spacial score (nSPS) is 10.8. The molecule has 2 aromatic rings. The molecule has 0 bridgehead atoms. The van der Waals surface area contributed by atoms with Gasteiger partial charge in [-0.2, -0.15) is 0 Å². The Bertz CT molecular complexity index is 557. The van der Waals surface area contributed by atoms with Gasteiger partial charge in [0, 0.05) is 17.5 Å². The maximum Gasteiger partial charge on any atom is 0.138 e. The summed E-state index contributed by atoms with van der Waals surface area (Å²) >= 11 is 5.21. The summed E-state index contributed by atoms with van der Waals surface area (Å²) < 4.78 is 6.94. The lowest BCUT2D eigenvalue weighted by atomic mass is 10.2. The van der Waals surface area contributed by atoms with Crippen molar-refractivity contribution in [3.63, 3.8) is 0 Å². The third-order valence-corrected chi connectivity index (χ3v) is 4.27. The predicted molar refractivity (Wildman–Crippen MR) is 87.3 cm³/mol. The Morgan fingerprint density at radius 2 is 2.25 bits per heavy atom. The average molecular weight is 355 g/mol. The van der Waals surface area contributed by atoms with Crippen molar-refractivity contribution in [1.29, 1.82) is 0 Å². The molecular weight excluding hydrogens is 336 g/mol. The Morgan fingerprint density at radius 3 is 2.95 bits per heavy atom. The number of aryl methyl sites for hydroxylation is 1. The molecule has 0 saturated carbocycles. The van der Waals surface area contributed by atoms with Crippen LogP contribution in [0.1, 0.15) is 29.6 Å². The number of thiazole rings is 1. The number of hydrogen-bond donors (Lipinski definition) is 1. The number of benzene rings is 1. The lowest BCUT2D eigenvalue weighted by Gasteiger charge is -2.13. The Labute approximate surface area is 132 Å². The molecule has 1 aromatic heterocycles. The molecule has 0 saturated heterocycles. The summed E-state index contributed by atoms with van der Waals surface area (Å²) in [4.78, 5) is 4.42. The Hall–Kier alpha value is -0.910. The van der Waals surface area contributed by atoms with Gasteiger partial charge in [0.25, 0.3) is 0 Å². The van der Waals surface area contributed by atoms with Crippen LogP contribution in [-0.4, -0.2) is 11.5 Å². The van der Waals surface area contributed by atoms with E-state index in [1.807, 2.05) is 24.4 Å². The van der Waals surface area contributed by atoms with Crippen molar-refractivity contribution in [2.24, 2.45) is 0 Å². The zero-order valence-corrected chi connectivity index (χ0v) is 14.2. The summed E-state index contributed by atoms with van der Waals surface area (Å²) in [6, 6.07) is 6.13. The quantitative estimate of drug-likeness (QED) is 0.753. The Balaban J connectivity index is 2.04. The number of rotatable bonds is 7.